The van der Waals surface area contributed by atoms with Gasteiger partial charge in [0, 0.05) is 5.56 Å². The fraction of sp³-hybridized carbons (Fsp3) is 0.200. The Morgan fingerprint density at radius 3 is 2.75 bits per heavy atom. The first-order chi connectivity index (χ1) is 7.50. The summed E-state index contributed by atoms with van der Waals surface area (Å²) in [6, 6.07) is 6.63. The highest BCUT2D eigenvalue weighted by atomic mass is 32.2. The van der Waals surface area contributed by atoms with Crippen LogP contribution in [0.3, 0.4) is 0 Å². The summed E-state index contributed by atoms with van der Waals surface area (Å²) >= 11 is 1.16. The molecule has 1 aromatic rings. The molecule has 0 N–H and O–H groups in total. The number of hydrogen-bond donors (Lipinski definition) is 0. The first-order valence-electron chi connectivity index (χ1n) is 4.57. The van der Waals surface area contributed by atoms with Crippen LogP contribution >= 0.6 is 11.8 Å². The zero-order valence-corrected chi connectivity index (χ0v) is 10.1. The Bertz CT molecular complexity index is 575. The number of rotatable bonds is 2. The fourth-order valence-electron chi connectivity index (χ4n) is 1.35. The molecule has 2 rings (SSSR count). The van der Waals surface area contributed by atoms with Crippen LogP contribution in [0.5, 0.6) is 0 Å². The van der Waals surface area contributed by atoms with Gasteiger partial charge in [-0.2, -0.15) is 12.8 Å². The van der Waals surface area contributed by atoms with Crippen molar-refractivity contribution >= 4 is 32.6 Å². The number of carbonyl (C=O) groups excluding carboxylic acids is 1. The van der Waals surface area contributed by atoms with Gasteiger partial charge in [0.1, 0.15) is 10.8 Å². The normalized spacial score (nSPS) is 16.7. The van der Waals surface area contributed by atoms with Crippen LogP contribution in [0.1, 0.15) is 12.5 Å². The summed E-state index contributed by atoms with van der Waals surface area (Å²) in [6.45, 7) is 1.46. The number of fused-ring (bicyclic) bond motifs is 1. The molecule has 1 aliphatic heterocycles. The molecule has 0 aliphatic carbocycles. The van der Waals surface area contributed by atoms with E-state index in [-0.39, 0.29) is 16.4 Å². The molecule has 0 amide bonds. The van der Waals surface area contributed by atoms with Crippen molar-refractivity contribution in [2.24, 2.45) is 4.40 Å². The molecule has 4 nitrogen and oxygen atoms in total. The van der Waals surface area contributed by atoms with Gasteiger partial charge in [0.2, 0.25) is 0 Å². The molecule has 1 aromatic carbocycles. The average Bonchev–Trinajstić information content (AvgIpc) is 2.49. The number of Topliss-reactive ketones (excluding diaryl/α,β-unsaturated/α-hetero) is 1. The largest absolute Gasteiger partial charge is 0.299 e. The van der Waals surface area contributed by atoms with Crippen LogP contribution in [0.2, 0.25) is 0 Å². The molecule has 0 spiro atoms. The zero-order valence-electron chi connectivity index (χ0n) is 8.50. The Morgan fingerprint density at radius 2 is 2.06 bits per heavy atom. The third-order valence-corrected chi connectivity index (χ3v) is 4.60. The molecule has 1 aliphatic rings. The SMILES string of the molecule is CC(=O)CSC1=NS(=O)(=O)c2ccccc21. The van der Waals surface area contributed by atoms with Crippen LogP contribution in [0.15, 0.2) is 33.6 Å². The molecular formula is C10H9NO3S2. The van der Waals surface area contributed by atoms with Gasteiger partial charge in [-0.05, 0) is 13.0 Å². The van der Waals surface area contributed by atoms with Crippen LogP contribution in [0.4, 0.5) is 0 Å². The summed E-state index contributed by atoms with van der Waals surface area (Å²) in [5.41, 5.74) is 0.591. The van der Waals surface area contributed by atoms with Gasteiger partial charge < -0.3 is 0 Å². The summed E-state index contributed by atoms with van der Waals surface area (Å²) in [4.78, 5) is 11.1. The second-order valence-electron chi connectivity index (χ2n) is 3.36. The number of hydrogen-bond acceptors (Lipinski definition) is 4. The van der Waals surface area contributed by atoms with Crippen molar-refractivity contribution in [1.82, 2.24) is 0 Å². The summed E-state index contributed by atoms with van der Waals surface area (Å²) < 4.78 is 26.9. The quantitative estimate of drug-likeness (QED) is 0.802. The predicted molar refractivity (Wildman–Crippen MR) is 63.3 cm³/mol. The van der Waals surface area contributed by atoms with E-state index < -0.39 is 10.0 Å². The van der Waals surface area contributed by atoms with Crippen molar-refractivity contribution in [1.29, 1.82) is 0 Å². The highest BCUT2D eigenvalue weighted by Crippen LogP contribution is 2.30. The van der Waals surface area contributed by atoms with Gasteiger partial charge in [-0.1, -0.05) is 30.0 Å². The monoisotopic (exact) mass is 255 g/mol. The smallest absolute Gasteiger partial charge is 0.284 e. The van der Waals surface area contributed by atoms with Crippen LogP contribution in [-0.4, -0.2) is 25.0 Å². The molecule has 0 unspecified atom stereocenters. The Labute approximate surface area is 97.8 Å². The molecule has 6 heteroatoms. The molecule has 0 radical (unpaired) electrons. The van der Waals surface area contributed by atoms with E-state index in [0.717, 1.165) is 11.8 Å². The number of sulfonamides is 1. The van der Waals surface area contributed by atoms with Gasteiger partial charge in [-0.15, -0.1) is 0 Å². The summed E-state index contributed by atoms with van der Waals surface area (Å²) in [6.07, 6.45) is 0. The minimum Gasteiger partial charge on any atom is -0.299 e. The molecule has 16 heavy (non-hydrogen) atoms. The lowest BCUT2D eigenvalue weighted by Gasteiger charge is -1.98. The Morgan fingerprint density at radius 1 is 1.38 bits per heavy atom. The van der Waals surface area contributed by atoms with Crippen molar-refractivity contribution in [3.8, 4) is 0 Å². The molecule has 0 fully saturated rings. The predicted octanol–water partition coefficient (Wildman–Crippen LogP) is 1.46. The highest BCUT2D eigenvalue weighted by molar-refractivity contribution is 8.16. The molecule has 0 bridgehead atoms. The Kier molecular flexibility index (Phi) is 2.86. The van der Waals surface area contributed by atoms with E-state index in [1.807, 2.05) is 0 Å². The molecule has 84 valence electrons. The van der Waals surface area contributed by atoms with Gasteiger partial charge in [-0.3, -0.25) is 4.79 Å². The van der Waals surface area contributed by atoms with E-state index in [9.17, 15) is 13.2 Å². The third kappa shape index (κ3) is 2.03. The minimum atomic E-state index is -3.55. The van der Waals surface area contributed by atoms with Gasteiger partial charge in [0.05, 0.1) is 10.6 Å². The van der Waals surface area contributed by atoms with E-state index in [1.54, 1.807) is 18.2 Å². The number of ketones is 1. The number of carbonyl (C=O) groups is 1. The summed E-state index contributed by atoms with van der Waals surface area (Å²) in [5, 5.41) is 0.408. The van der Waals surface area contributed by atoms with Crippen molar-refractivity contribution < 1.29 is 13.2 Å². The fourth-order valence-corrected chi connectivity index (χ4v) is 3.70. The van der Waals surface area contributed by atoms with E-state index in [0.29, 0.717) is 10.6 Å². The van der Waals surface area contributed by atoms with Crippen LogP contribution in [0.25, 0.3) is 0 Å². The standard InChI is InChI=1S/C10H9NO3S2/c1-7(12)6-15-10-8-4-2-3-5-9(8)16(13,14)11-10/h2-5H,6H2,1H3. The maximum atomic E-state index is 11.6. The topological polar surface area (TPSA) is 63.6 Å². The van der Waals surface area contributed by atoms with E-state index in [2.05, 4.69) is 4.40 Å². The van der Waals surface area contributed by atoms with Gasteiger partial charge in [0.15, 0.2) is 0 Å². The van der Waals surface area contributed by atoms with E-state index in [4.69, 9.17) is 0 Å². The first kappa shape index (κ1) is 11.3. The second kappa shape index (κ2) is 4.03. The van der Waals surface area contributed by atoms with E-state index in [1.165, 1.54) is 13.0 Å². The molecule has 0 atom stereocenters. The lowest BCUT2D eigenvalue weighted by molar-refractivity contribution is -0.114. The molecule has 0 saturated heterocycles. The van der Waals surface area contributed by atoms with Crippen LogP contribution in [0, 0.1) is 0 Å². The maximum Gasteiger partial charge on any atom is 0.284 e. The number of nitrogens with zero attached hydrogens (tertiary/aromatic N) is 1. The number of benzene rings is 1. The van der Waals surface area contributed by atoms with Gasteiger partial charge in [-0.25, -0.2) is 0 Å². The van der Waals surface area contributed by atoms with Gasteiger partial charge >= 0.3 is 0 Å². The second-order valence-corrected chi connectivity index (χ2v) is 5.89. The lowest BCUT2D eigenvalue weighted by Crippen LogP contribution is -1.99. The Balaban J connectivity index is 2.39. The van der Waals surface area contributed by atoms with Crippen molar-refractivity contribution in [3.05, 3.63) is 29.8 Å². The molecular weight excluding hydrogens is 246 g/mol. The average molecular weight is 255 g/mol. The van der Waals surface area contributed by atoms with E-state index >= 15 is 0 Å². The summed E-state index contributed by atoms with van der Waals surface area (Å²) in [5.74, 6) is 0.234. The lowest BCUT2D eigenvalue weighted by atomic mass is 10.2. The van der Waals surface area contributed by atoms with Crippen molar-refractivity contribution in [3.63, 3.8) is 0 Å². The molecule has 0 saturated carbocycles. The highest BCUT2D eigenvalue weighted by Gasteiger charge is 2.28. The van der Waals surface area contributed by atoms with Crippen LogP contribution in [-0.2, 0) is 14.8 Å². The maximum absolute atomic E-state index is 11.6. The van der Waals surface area contributed by atoms with Gasteiger partial charge in [0.25, 0.3) is 10.0 Å². The Hall–Kier alpha value is -1.14. The molecule has 0 aromatic heterocycles. The van der Waals surface area contributed by atoms with Crippen molar-refractivity contribution in [2.45, 2.75) is 11.8 Å². The van der Waals surface area contributed by atoms with Crippen LogP contribution < -0.4 is 0 Å². The third-order valence-electron chi connectivity index (χ3n) is 2.01. The summed E-state index contributed by atoms with van der Waals surface area (Å²) in [7, 11) is -3.55. The minimum absolute atomic E-state index is 0.00511. The first-order valence-corrected chi connectivity index (χ1v) is 7.00. The number of thioether (sulfide) groups is 1. The van der Waals surface area contributed by atoms with Crippen molar-refractivity contribution in [2.75, 3.05) is 5.75 Å². The zero-order chi connectivity index (χ0) is 11.8. The molecule has 1 heterocycles.